The van der Waals surface area contributed by atoms with E-state index in [0.717, 1.165) is 5.56 Å². The van der Waals surface area contributed by atoms with Crippen LogP contribution in [0.2, 0.25) is 0 Å². The molecular formula is C17H23NO5. The average molecular weight is 321 g/mol. The van der Waals surface area contributed by atoms with Gasteiger partial charge in [-0.3, -0.25) is 0 Å². The van der Waals surface area contributed by atoms with Gasteiger partial charge in [0.25, 0.3) is 0 Å². The number of carboxylic acids is 1. The van der Waals surface area contributed by atoms with Crippen LogP contribution in [0.3, 0.4) is 0 Å². The van der Waals surface area contributed by atoms with Crippen molar-refractivity contribution in [2.45, 2.75) is 44.8 Å². The largest absolute Gasteiger partial charge is 0.478 e. The topological polar surface area (TPSA) is 84.9 Å². The summed E-state index contributed by atoms with van der Waals surface area (Å²) in [5.74, 6) is -0.974. The molecule has 0 radical (unpaired) electrons. The SMILES string of the molecule is CC(C)(C)OC(=O)NC1(c2ccc(C(=O)O)cc2)CCOCC1. The van der Waals surface area contributed by atoms with Crippen molar-refractivity contribution in [3.05, 3.63) is 35.4 Å². The van der Waals surface area contributed by atoms with E-state index in [0.29, 0.717) is 26.1 Å². The Bertz CT molecular complexity index is 568. The fourth-order valence-electron chi connectivity index (χ4n) is 2.64. The summed E-state index contributed by atoms with van der Waals surface area (Å²) in [5, 5.41) is 12.0. The van der Waals surface area contributed by atoms with Crippen molar-refractivity contribution in [1.29, 1.82) is 0 Å². The zero-order valence-electron chi connectivity index (χ0n) is 13.7. The van der Waals surface area contributed by atoms with Crippen molar-refractivity contribution >= 4 is 12.1 Å². The van der Waals surface area contributed by atoms with Crippen LogP contribution in [0.4, 0.5) is 4.79 Å². The molecule has 1 aliphatic rings. The number of rotatable bonds is 3. The van der Waals surface area contributed by atoms with Crippen LogP contribution in [0.15, 0.2) is 24.3 Å². The first kappa shape index (κ1) is 17.3. The smallest absolute Gasteiger partial charge is 0.408 e. The third-order valence-electron chi connectivity index (χ3n) is 3.77. The number of carbonyl (C=O) groups is 2. The summed E-state index contributed by atoms with van der Waals surface area (Å²) in [7, 11) is 0. The van der Waals surface area contributed by atoms with Crippen molar-refractivity contribution < 1.29 is 24.2 Å². The van der Waals surface area contributed by atoms with Gasteiger partial charge in [-0.1, -0.05) is 12.1 Å². The van der Waals surface area contributed by atoms with Gasteiger partial charge in [-0.15, -0.1) is 0 Å². The van der Waals surface area contributed by atoms with Crippen molar-refractivity contribution in [2.24, 2.45) is 0 Å². The number of aromatic carboxylic acids is 1. The Kier molecular flexibility index (Phi) is 4.94. The monoisotopic (exact) mass is 321 g/mol. The lowest BCUT2D eigenvalue weighted by Crippen LogP contribution is -2.50. The summed E-state index contributed by atoms with van der Waals surface area (Å²) >= 11 is 0. The molecule has 0 aromatic heterocycles. The molecule has 1 heterocycles. The molecule has 1 amide bonds. The third kappa shape index (κ3) is 4.45. The van der Waals surface area contributed by atoms with E-state index < -0.39 is 23.2 Å². The summed E-state index contributed by atoms with van der Waals surface area (Å²) in [6.07, 6.45) is 0.735. The molecule has 1 saturated heterocycles. The standard InChI is InChI=1S/C17H23NO5/c1-16(2,3)23-15(21)18-17(8-10-22-11-9-17)13-6-4-12(5-7-13)14(19)20/h4-7H,8-11H2,1-3H3,(H,18,21)(H,19,20). The first-order chi connectivity index (χ1) is 10.7. The van der Waals surface area contributed by atoms with Gasteiger partial charge in [-0.05, 0) is 51.3 Å². The maximum Gasteiger partial charge on any atom is 0.408 e. The fraction of sp³-hybridized carbons (Fsp3) is 0.529. The lowest BCUT2D eigenvalue weighted by Gasteiger charge is -2.38. The van der Waals surface area contributed by atoms with Gasteiger partial charge in [0, 0.05) is 13.2 Å². The van der Waals surface area contributed by atoms with E-state index in [1.54, 1.807) is 24.3 Å². The molecule has 126 valence electrons. The molecular weight excluding hydrogens is 298 g/mol. The van der Waals surface area contributed by atoms with Gasteiger partial charge in [0.1, 0.15) is 5.60 Å². The zero-order valence-corrected chi connectivity index (χ0v) is 13.7. The number of carboxylic acid groups (broad SMARTS) is 1. The summed E-state index contributed by atoms with van der Waals surface area (Å²) < 4.78 is 10.8. The van der Waals surface area contributed by atoms with E-state index in [1.165, 1.54) is 0 Å². The number of hydrogen-bond donors (Lipinski definition) is 2. The highest BCUT2D eigenvalue weighted by Crippen LogP contribution is 2.32. The Labute approximate surface area is 135 Å². The average Bonchev–Trinajstić information content (AvgIpc) is 2.46. The summed E-state index contributed by atoms with van der Waals surface area (Å²) in [6.45, 7) is 6.48. The molecule has 1 fully saturated rings. The van der Waals surface area contributed by atoms with Crippen molar-refractivity contribution in [3.63, 3.8) is 0 Å². The van der Waals surface area contributed by atoms with Gasteiger partial charge in [0.15, 0.2) is 0 Å². The maximum absolute atomic E-state index is 12.2. The van der Waals surface area contributed by atoms with Crippen LogP contribution in [-0.4, -0.2) is 36.0 Å². The van der Waals surface area contributed by atoms with Gasteiger partial charge in [-0.25, -0.2) is 9.59 Å². The third-order valence-corrected chi connectivity index (χ3v) is 3.77. The Morgan fingerprint density at radius 3 is 2.22 bits per heavy atom. The van der Waals surface area contributed by atoms with Crippen LogP contribution in [0, 0.1) is 0 Å². The number of ether oxygens (including phenoxy) is 2. The van der Waals surface area contributed by atoms with Crippen molar-refractivity contribution in [1.82, 2.24) is 5.32 Å². The van der Waals surface area contributed by atoms with Gasteiger partial charge in [-0.2, -0.15) is 0 Å². The van der Waals surface area contributed by atoms with E-state index in [1.807, 2.05) is 20.8 Å². The molecule has 0 bridgehead atoms. The molecule has 1 aromatic carbocycles. The molecule has 0 aliphatic carbocycles. The van der Waals surface area contributed by atoms with Gasteiger partial charge in [0.2, 0.25) is 0 Å². The van der Waals surface area contributed by atoms with Crippen LogP contribution in [0.5, 0.6) is 0 Å². The lowest BCUT2D eigenvalue weighted by molar-refractivity contribution is 0.0156. The first-order valence-corrected chi connectivity index (χ1v) is 7.65. The van der Waals surface area contributed by atoms with Gasteiger partial charge in [0.05, 0.1) is 11.1 Å². The highest BCUT2D eigenvalue weighted by atomic mass is 16.6. The number of hydrogen-bond acceptors (Lipinski definition) is 4. The predicted octanol–water partition coefficient (Wildman–Crippen LogP) is 2.92. The highest BCUT2D eigenvalue weighted by Gasteiger charge is 2.37. The molecule has 0 saturated carbocycles. The van der Waals surface area contributed by atoms with Gasteiger partial charge >= 0.3 is 12.1 Å². The summed E-state index contributed by atoms with van der Waals surface area (Å²) in [5.41, 5.74) is -0.105. The minimum atomic E-state index is -0.974. The highest BCUT2D eigenvalue weighted by molar-refractivity contribution is 5.87. The Morgan fingerprint density at radius 2 is 1.74 bits per heavy atom. The van der Waals surface area contributed by atoms with E-state index in [-0.39, 0.29) is 5.56 Å². The zero-order chi connectivity index (χ0) is 17.1. The molecule has 6 heteroatoms. The first-order valence-electron chi connectivity index (χ1n) is 7.65. The molecule has 0 unspecified atom stereocenters. The molecule has 1 aliphatic heterocycles. The van der Waals surface area contributed by atoms with E-state index >= 15 is 0 Å². The fourth-order valence-corrected chi connectivity index (χ4v) is 2.64. The normalized spacial score (nSPS) is 17.3. The number of nitrogens with one attached hydrogen (secondary N) is 1. The number of amides is 1. The predicted molar refractivity (Wildman–Crippen MR) is 84.5 cm³/mol. The lowest BCUT2D eigenvalue weighted by atomic mass is 9.82. The van der Waals surface area contributed by atoms with Crippen molar-refractivity contribution in [3.8, 4) is 0 Å². The second-order valence-corrected chi connectivity index (χ2v) is 6.70. The molecule has 0 atom stereocenters. The Balaban J connectivity index is 2.24. The molecule has 2 N–H and O–H groups in total. The second kappa shape index (κ2) is 6.58. The van der Waals surface area contributed by atoms with Crippen LogP contribution < -0.4 is 5.32 Å². The summed E-state index contributed by atoms with van der Waals surface area (Å²) in [4.78, 5) is 23.2. The summed E-state index contributed by atoms with van der Waals surface area (Å²) in [6, 6.07) is 6.58. The van der Waals surface area contributed by atoms with E-state index in [9.17, 15) is 9.59 Å². The minimum Gasteiger partial charge on any atom is -0.478 e. The van der Waals surface area contributed by atoms with Crippen LogP contribution in [0.1, 0.15) is 49.5 Å². The Morgan fingerprint density at radius 1 is 1.17 bits per heavy atom. The number of alkyl carbamates (subject to hydrolysis) is 1. The molecule has 23 heavy (non-hydrogen) atoms. The molecule has 1 aromatic rings. The molecule has 0 spiro atoms. The maximum atomic E-state index is 12.2. The van der Waals surface area contributed by atoms with Crippen LogP contribution >= 0.6 is 0 Å². The Hall–Kier alpha value is -2.08. The molecule has 6 nitrogen and oxygen atoms in total. The molecule has 2 rings (SSSR count). The van der Waals surface area contributed by atoms with Crippen molar-refractivity contribution in [2.75, 3.05) is 13.2 Å². The van der Waals surface area contributed by atoms with Crippen LogP contribution in [-0.2, 0) is 15.0 Å². The van der Waals surface area contributed by atoms with E-state index in [2.05, 4.69) is 5.32 Å². The quantitative estimate of drug-likeness (QED) is 0.894. The van der Waals surface area contributed by atoms with Crippen LogP contribution in [0.25, 0.3) is 0 Å². The number of carbonyl (C=O) groups excluding carboxylic acids is 1. The van der Waals surface area contributed by atoms with Gasteiger partial charge < -0.3 is 19.9 Å². The minimum absolute atomic E-state index is 0.216. The van der Waals surface area contributed by atoms with E-state index in [4.69, 9.17) is 14.6 Å². The number of benzene rings is 1. The second-order valence-electron chi connectivity index (χ2n) is 6.70.